The lowest BCUT2D eigenvalue weighted by atomic mass is 10.1. The summed E-state index contributed by atoms with van der Waals surface area (Å²) in [6, 6.07) is 13.0. The molecule has 0 aliphatic rings. The standard InChI is InChI=1S/C15H18BrNO/c1-3-18-10-11(2)17-15-7-5-12-8-14(16)6-4-13(12)9-15/h4-9,11,17H,3,10H2,1-2H3. The maximum atomic E-state index is 5.40. The fraction of sp³-hybridized carbons (Fsp3) is 0.333. The Bertz CT molecular complexity index is 527. The van der Waals surface area contributed by atoms with E-state index in [9.17, 15) is 0 Å². The number of nitrogens with one attached hydrogen (secondary N) is 1. The van der Waals surface area contributed by atoms with Crippen LogP contribution in [0.2, 0.25) is 0 Å². The highest BCUT2D eigenvalue weighted by molar-refractivity contribution is 9.10. The summed E-state index contributed by atoms with van der Waals surface area (Å²) >= 11 is 3.49. The summed E-state index contributed by atoms with van der Waals surface area (Å²) < 4.78 is 6.51. The minimum Gasteiger partial charge on any atom is -0.380 e. The molecule has 18 heavy (non-hydrogen) atoms. The Morgan fingerprint density at radius 3 is 2.67 bits per heavy atom. The van der Waals surface area contributed by atoms with Crippen LogP contribution in [0.5, 0.6) is 0 Å². The van der Waals surface area contributed by atoms with Gasteiger partial charge in [0.15, 0.2) is 0 Å². The number of hydrogen-bond acceptors (Lipinski definition) is 2. The number of ether oxygens (including phenoxy) is 1. The summed E-state index contributed by atoms with van der Waals surface area (Å²) in [6.45, 7) is 5.63. The molecule has 0 heterocycles. The molecule has 1 N–H and O–H groups in total. The van der Waals surface area contributed by atoms with Crippen LogP contribution in [0.4, 0.5) is 5.69 Å². The third-order valence-electron chi connectivity index (χ3n) is 2.79. The van der Waals surface area contributed by atoms with Crippen LogP contribution < -0.4 is 5.32 Å². The molecule has 96 valence electrons. The second-order valence-corrected chi connectivity index (χ2v) is 5.33. The molecule has 1 unspecified atom stereocenters. The Kier molecular flexibility index (Phi) is 4.61. The Balaban J connectivity index is 2.12. The molecule has 1 atom stereocenters. The second kappa shape index (κ2) is 6.21. The first-order valence-corrected chi connectivity index (χ1v) is 7.02. The lowest BCUT2D eigenvalue weighted by molar-refractivity contribution is 0.141. The van der Waals surface area contributed by atoms with E-state index < -0.39 is 0 Å². The third-order valence-corrected chi connectivity index (χ3v) is 3.28. The maximum absolute atomic E-state index is 5.40. The topological polar surface area (TPSA) is 21.3 Å². The number of rotatable bonds is 5. The number of hydrogen-bond donors (Lipinski definition) is 1. The number of halogens is 1. The highest BCUT2D eigenvalue weighted by Gasteiger charge is 2.02. The lowest BCUT2D eigenvalue weighted by Crippen LogP contribution is -2.21. The summed E-state index contributed by atoms with van der Waals surface area (Å²) in [5, 5.41) is 5.93. The molecule has 2 nitrogen and oxygen atoms in total. The smallest absolute Gasteiger partial charge is 0.0664 e. The second-order valence-electron chi connectivity index (χ2n) is 4.41. The number of benzene rings is 2. The normalized spacial score (nSPS) is 12.6. The van der Waals surface area contributed by atoms with Crippen molar-refractivity contribution in [1.29, 1.82) is 0 Å². The maximum Gasteiger partial charge on any atom is 0.0664 e. The first-order valence-electron chi connectivity index (χ1n) is 6.22. The van der Waals surface area contributed by atoms with Crippen LogP contribution in [0.15, 0.2) is 40.9 Å². The van der Waals surface area contributed by atoms with Gasteiger partial charge in [0.1, 0.15) is 0 Å². The molecule has 0 spiro atoms. The molecule has 2 rings (SSSR count). The summed E-state index contributed by atoms with van der Waals surface area (Å²) in [6.07, 6.45) is 0. The van der Waals surface area contributed by atoms with Crippen molar-refractivity contribution in [3.05, 3.63) is 40.9 Å². The van der Waals surface area contributed by atoms with Gasteiger partial charge in [0, 0.05) is 22.8 Å². The van der Waals surface area contributed by atoms with Gasteiger partial charge in [0.2, 0.25) is 0 Å². The van der Waals surface area contributed by atoms with E-state index in [1.54, 1.807) is 0 Å². The summed E-state index contributed by atoms with van der Waals surface area (Å²) in [7, 11) is 0. The van der Waals surface area contributed by atoms with E-state index in [1.165, 1.54) is 10.8 Å². The Labute approximate surface area is 116 Å². The molecule has 0 fully saturated rings. The Morgan fingerprint density at radius 2 is 1.89 bits per heavy atom. The van der Waals surface area contributed by atoms with Crippen LogP contribution in [0, 0.1) is 0 Å². The van der Waals surface area contributed by atoms with Crippen LogP contribution in [0.25, 0.3) is 10.8 Å². The van der Waals surface area contributed by atoms with Crippen LogP contribution in [0.3, 0.4) is 0 Å². The molecule has 0 aliphatic heterocycles. The van der Waals surface area contributed by atoms with Gasteiger partial charge < -0.3 is 10.1 Å². The van der Waals surface area contributed by atoms with Gasteiger partial charge in [0.25, 0.3) is 0 Å². The first kappa shape index (κ1) is 13.4. The van der Waals surface area contributed by atoms with Crippen molar-refractivity contribution in [2.24, 2.45) is 0 Å². The number of anilines is 1. The molecule has 0 saturated carbocycles. The minimum atomic E-state index is 0.317. The van der Waals surface area contributed by atoms with E-state index in [-0.39, 0.29) is 0 Å². The van der Waals surface area contributed by atoms with Gasteiger partial charge in [-0.2, -0.15) is 0 Å². The highest BCUT2D eigenvalue weighted by atomic mass is 79.9. The number of fused-ring (bicyclic) bond motifs is 1. The third kappa shape index (κ3) is 3.47. The van der Waals surface area contributed by atoms with E-state index in [1.807, 2.05) is 6.92 Å². The van der Waals surface area contributed by atoms with E-state index >= 15 is 0 Å². The molecule has 0 saturated heterocycles. The predicted molar refractivity (Wildman–Crippen MR) is 81.2 cm³/mol. The molecule has 0 aromatic heterocycles. The highest BCUT2D eigenvalue weighted by Crippen LogP contribution is 2.23. The van der Waals surface area contributed by atoms with Gasteiger partial charge in [-0.15, -0.1) is 0 Å². The molecule has 2 aromatic carbocycles. The van der Waals surface area contributed by atoms with E-state index in [0.29, 0.717) is 6.04 Å². The predicted octanol–water partition coefficient (Wildman–Crippen LogP) is 4.44. The van der Waals surface area contributed by atoms with Crippen LogP contribution in [0.1, 0.15) is 13.8 Å². The van der Waals surface area contributed by atoms with Crippen molar-refractivity contribution in [2.45, 2.75) is 19.9 Å². The summed E-state index contributed by atoms with van der Waals surface area (Å²) in [4.78, 5) is 0. The van der Waals surface area contributed by atoms with Gasteiger partial charge in [-0.05, 0) is 48.9 Å². The van der Waals surface area contributed by atoms with Gasteiger partial charge in [-0.25, -0.2) is 0 Å². The molecule has 2 aromatic rings. The van der Waals surface area contributed by atoms with E-state index in [2.05, 4.69) is 64.6 Å². The SMILES string of the molecule is CCOCC(C)Nc1ccc2cc(Br)ccc2c1. The average molecular weight is 308 g/mol. The molecule has 0 radical (unpaired) electrons. The Hall–Kier alpha value is -1.06. The summed E-state index contributed by atoms with van der Waals surface area (Å²) in [5.41, 5.74) is 1.14. The monoisotopic (exact) mass is 307 g/mol. The molecular weight excluding hydrogens is 290 g/mol. The summed E-state index contributed by atoms with van der Waals surface area (Å²) in [5.74, 6) is 0. The van der Waals surface area contributed by atoms with Crippen molar-refractivity contribution in [2.75, 3.05) is 18.5 Å². The van der Waals surface area contributed by atoms with Gasteiger partial charge >= 0.3 is 0 Å². The zero-order chi connectivity index (χ0) is 13.0. The Morgan fingerprint density at radius 1 is 1.17 bits per heavy atom. The van der Waals surface area contributed by atoms with Crippen molar-refractivity contribution in [1.82, 2.24) is 0 Å². The first-order chi connectivity index (χ1) is 8.69. The lowest BCUT2D eigenvalue weighted by Gasteiger charge is -2.15. The van der Waals surface area contributed by atoms with Crippen LogP contribution in [-0.2, 0) is 4.74 Å². The fourth-order valence-electron chi connectivity index (χ4n) is 1.93. The molecule has 0 amide bonds. The molecule has 3 heteroatoms. The quantitative estimate of drug-likeness (QED) is 0.881. The van der Waals surface area contributed by atoms with Gasteiger partial charge in [-0.3, -0.25) is 0 Å². The zero-order valence-corrected chi connectivity index (χ0v) is 12.3. The van der Waals surface area contributed by atoms with E-state index in [4.69, 9.17) is 4.74 Å². The van der Waals surface area contributed by atoms with Crippen LogP contribution >= 0.6 is 15.9 Å². The molecule has 0 aliphatic carbocycles. The zero-order valence-electron chi connectivity index (χ0n) is 10.7. The van der Waals surface area contributed by atoms with Crippen LogP contribution in [-0.4, -0.2) is 19.3 Å². The van der Waals surface area contributed by atoms with Crippen molar-refractivity contribution in [3.63, 3.8) is 0 Å². The molecule has 0 bridgehead atoms. The fourth-order valence-corrected chi connectivity index (χ4v) is 2.31. The van der Waals surface area contributed by atoms with E-state index in [0.717, 1.165) is 23.4 Å². The van der Waals surface area contributed by atoms with Crippen molar-refractivity contribution < 1.29 is 4.74 Å². The molecular formula is C15H18BrNO. The van der Waals surface area contributed by atoms with Gasteiger partial charge in [0.05, 0.1) is 6.61 Å². The minimum absolute atomic E-state index is 0.317. The van der Waals surface area contributed by atoms with Gasteiger partial charge in [-0.1, -0.05) is 28.1 Å². The average Bonchev–Trinajstić information content (AvgIpc) is 2.36. The van der Waals surface area contributed by atoms with Crippen molar-refractivity contribution in [3.8, 4) is 0 Å². The largest absolute Gasteiger partial charge is 0.380 e. The van der Waals surface area contributed by atoms with Crippen molar-refractivity contribution >= 4 is 32.4 Å².